The summed E-state index contributed by atoms with van der Waals surface area (Å²) < 4.78 is 24.0. The molecule has 41 heavy (non-hydrogen) atoms. The van der Waals surface area contributed by atoms with E-state index in [1.165, 1.54) is 12.1 Å². The number of carbonyl (C=O) groups is 2. The molecule has 0 heterocycles. The zero-order valence-electron chi connectivity index (χ0n) is 25.1. The zero-order valence-corrected chi connectivity index (χ0v) is 25.1. The Balaban J connectivity index is 1.93. The molecular formula is C32H48FN3O5. The van der Waals surface area contributed by atoms with Gasteiger partial charge in [-0.1, -0.05) is 52.0 Å². The number of benzene rings is 2. The highest BCUT2D eigenvalue weighted by Crippen LogP contribution is 2.28. The number of anilines is 1. The third-order valence-corrected chi connectivity index (χ3v) is 7.39. The minimum atomic E-state index is -0.912. The van der Waals surface area contributed by atoms with Gasteiger partial charge in [-0.2, -0.15) is 0 Å². The van der Waals surface area contributed by atoms with E-state index in [0.29, 0.717) is 31.1 Å². The van der Waals surface area contributed by atoms with Crippen molar-refractivity contribution >= 4 is 17.5 Å². The molecule has 9 heteroatoms. The molecular weight excluding hydrogens is 525 g/mol. The number of hydrogen-bond acceptors (Lipinski definition) is 6. The van der Waals surface area contributed by atoms with Crippen LogP contribution in [0.25, 0.3) is 0 Å². The number of nitrogens with one attached hydrogen (secondary N) is 2. The fourth-order valence-electron chi connectivity index (χ4n) is 4.66. The van der Waals surface area contributed by atoms with Crippen molar-refractivity contribution in [1.29, 1.82) is 0 Å². The molecule has 0 bridgehead atoms. The summed E-state index contributed by atoms with van der Waals surface area (Å²) in [7, 11) is 1.64. The van der Waals surface area contributed by atoms with Crippen LogP contribution in [0.4, 0.5) is 10.1 Å². The molecule has 2 aromatic carbocycles. The molecule has 0 spiro atoms. The summed E-state index contributed by atoms with van der Waals surface area (Å²) >= 11 is 0. The molecule has 0 saturated heterocycles. The lowest BCUT2D eigenvalue weighted by molar-refractivity contribution is -0.127. The number of methoxy groups -OCH3 is 1. The molecule has 4 atom stereocenters. The summed E-state index contributed by atoms with van der Waals surface area (Å²) in [6.45, 7) is 9.27. The van der Waals surface area contributed by atoms with Gasteiger partial charge < -0.3 is 30.9 Å². The SMILES string of the molecule is COCCCOc1ccccc1NC(=O)C[C@@H](C[C@H](N)[C@@H](O)C[C@H](C(=O)NCc1ccc(F)cc1)C(C)C)C(C)C. The molecule has 0 aliphatic heterocycles. The van der Waals surface area contributed by atoms with Crippen molar-refractivity contribution in [3.8, 4) is 5.75 Å². The molecule has 0 aromatic heterocycles. The van der Waals surface area contributed by atoms with Crippen molar-refractivity contribution < 1.29 is 28.6 Å². The topological polar surface area (TPSA) is 123 Å². The van der Waals surface area contributed by atoms with Crippen molar-refractivity contribution in [2.75, 3.05) is 25.6 Å². The van der Waals surface area contributed by atoms with Gasteiger partial charge in [0, 0.05) is 45.1 Å². The van der Waals surface area contributed by atoms with E-state index in [4.69, 9.17) is 15.2 Å². The summed E-state index contributed by atoms with van der Waals surface area (Å²) in [6.07, 6.45) is 0.705. The second kappa shape index (κ2) is 17.7. The monoisotopic (exact) mass is 573 g/mol. The highest BCUT2D eigenvalue weighted by Gasteiger charge is 2.30. The van der Waals surface area contributed by atoms with Gasteiger partial charge in [0.15, 0.2) is 0 Å². The summed E-state index contributed by atoms with van der Waals surface area (Å²) in [5, 5.41) is 16.8. The molecule has 8 nitrogen and oxygen atoms in total. The first kappa shape index (κ1) is 34.2. The van der Waals surface area contributed by atoms with Gasteiger partial charge in [-0.25, -0.2) is 4.39 Å². The minimum absolute atomic E-state index is 0.0199. The molecule has 0 saturated carbocycles. The number of hydrogen-bond donors (Lipinski definition) is 4. The van der Waals surface area contributed by atoms with Crippen LogP contribution in [0.15, 0.2) is 48.5 Å². The van der Waals surface area contributed by atoms with Crippen LogP contribution in [-0.4, -0.2) is 49.4 Å². The standard InChI is InChI=1S/C32H48FN3O5/c1-21(2)24(18-31(38)36-28-9-6-7-10-30(28)41-16-8-15-40-5)17-27(34)29(37)19-26(22(3)4)32(39)35-20-23-11-13-25(33)14-12-23/h6-7,9-14,21-22,24,26-27,29,37H,8,15-20,34H2,1-5H3,(H,35,39)(H,36,38)/t24-,26+,27+,29+/m1/s1. The van der Waals surface area contributed by atoms with Crippen LogP contribution in [0, 0.1) is 29.5 Å². The molecule has 0 aliphatic carbocycles. The number of carbonyl (C=O) groups excluding carboxylic acids is 2. The normalized spacial score (nSPS) is 14.4. The first-order chi connectivity index (χ1) is 19.5. The molecule has 2 aromatic rings. The Bertz CT molecular complexity index is 1060. The van der Waals surface area contributed by atoms with E-state index in [1.54, 1.807) is 25.3 Å². The van der Waals surface area contributed by atoms with E-state index in [0.717, 1.165) is 12.0 Å². The number of para-hydroxylation sites is 2. The Labute approximate surface area is 244 Å². The predicted octanol–water partition coefficient (Wildman–Crippen LogP) is 4.90. The van der Waals surface area contributed by atoms with E-state index in [-0.39, 0.29) is 54.8 Å². The first-order valence-electron chi connectivity index (χ1n) is 14.5. The van der Waals surface area contributed by atoms with Crippen molar-refractivity contribution in [1.82, 2.24) is 5.32 Å². The van der Waals surface area contributed by atoms with Gasteiger partial charge in [0.05, 0.1) is 18.4 Å². The average molecular weight is 574 g/mol. The lowest BCUT2D eigenvalue weighted by Gasteiger charge is -2.29. The maximum absolute atomic E-state index is 13.2. The lowest BCUT2D eigenvalue weighted by atomic mass is 9.82. The van der Waals surface area contributed by atoms with Crippen molar-refractivity contribution in [2.45, 2.75) is 72.1 Å². The Hall–Kier alpha value is -3.01. The number of aliphatic hydroxyl groups is 1. The Morgan fingerprint density at radius 3 is 2.29 bits per heavy atom. The van der Waals surface area contributed by atoms with Crippen LogP contribution in [-0.2, 0) is 20.9 Å². The van der Waals surface area contributed by atoms with E-state index in [9.17, 15) is 19.1 Å². The smallest absolute Gasteiger partial charge is 0.224 e. The van der Waals surface area contributed by atoms with Crippen LogP contribution in [0.3, 0.4) is 0 Å². The first-order valence-corrected chi connectivity index (χ1v) is 14.5. The van der Waals surface area contributed by atoms with Gasteiger partial charge >= 0.3 is 0 Å². The van der Waals surface area contributed by atoms with E-state index >= 15 is 0 Å². The molecule has 2 amide bonds. The van der Waals surface area contributed by atoms with E-state index in [2.05, 4.69) is 10.6 Å². The van der Waals surface area contributed by atoms with E-state index < -0.39 is 18.1 Å². The zero-order chi connectivity index (χ0) is 30.4. The molecule has 0 radical (unpaired) electrons. The molecule has 0 aliphatic rings. The van der Waals surface area contributed by atoms with Gasteiger partial charge in [0.25, 0.3) is 0 Å². The van der Waals surface area contributed by atoms with Crippen LogP contribution in [0.1, 0.15) is 58.9 Å². The fourth-order valence-corrected chi connectivity index (χ4v) is 4.66. The third-order valence-electron chi connectivity index (χ3n) is 7.39. The van der Waals surface area contributed by atoms with Gasteiger partial charge in [0.2, 0.25) is 11.8 Å². The summed E-state index contributed by atoms with van der Waals surface area (Å²) in [5.74, 6) is -0.452. The van der Waals surface area contributed by atoms with Crippen molar-refractivity contribution in [3.05, 3.63) is 59.9 Å². The second-order valence-electron chi connectivity index (χ2n) is 11.3. The van der Waals surface area contributed by atoms with Gasteiger partial charge in [-0.05, 0) is 60.4 Å². The number of aliphatic hydroxyl groups excluding tert-OH is 1. The summed E-state index contributed by atoms with van der Waals surface area (Å²) in [6, 6.07) is 12.7. The fraction of sp³-hybridized carbons (Fsp3) is 0.562. The minimum Gasteiger partial charge on any atom is -0.491 e. The summed E-state index contributed by atoms with van der Waals surface area (Å²) in [5.41, 5.74) is 7.83. The lowest BCUT2D eigenvalue weighted by Crippen LogP contribution is -2.42. The Morgan fingerprint density at radius 2 is 1.66 bits per heavy atom. The number of nitrogens with two attached hydrogens (primary N) is 1. The quantitative estimate of drug-likeness (QED) is 0.188. The molecule has 0 unspecified atom stereocenters. The summed E-state index contributed by atoms with van der Waals surface area (Å²) in [4.78, 5) is 26.0. The van der Waals surface area contributed by atoms with E-state index in [1.807, 2.05) is 45.9 Å². The molecule has 5 N–H and O–H groups in total. The van der Waals surface area contributed by atoms with Gasteiger partial charge in [-0.15, -0.1) is 0 Å². The number of halogens is 1. The largest absolute Gasteiger partial charge is 0.491 e. The number of amides is 2. The van der Waals surface area contributed by atoms with Crippen LogP contribution < -0.4 is 21.1 Å². The maximum atomic E-state index is 13.2. The Morgan fingerprint density at radius 1 is 0.976 bits per heavy atom. The average Bonchev–Trinajstić information content (AvgIpc) is 2.93. The Kier molecular flexibility index (Phi) is 14.8. The number of rotatable bonds is 18. The predicted molar refractivity (Wildman–Crippen MR) is 160 cm³/mol. The highest BCUT2D eigenvalue weighted by molar-refractivity contribution is 5.92. The second-order valence-corrected chi connectivity index (χ2v) is 11.3. The molecule has 228 valence electrons. The van der Waals surface area contributed by atoms with Gasteiger partial charge in [-0.3, -0.25) is 9.59 Å². The maximum Gasteiger partial charge on any atom is 0.224 e. The van der Waals surface area contributed by atoms with Crippen LogP contribution in [0.2, 0.25) is 0 Å². The molecule has 2 rings (SSSR count). The highest BCUT2D eigenvalue weighted by atomic mass is 19.1. The molecule has 0 fully saturated rings. The van der Waals surface area contributed by atoms with Crippen LogP contribution in [0.5, 0.6) is 5.75 Å². The van der Waals surface area contributed by atoms with Gasteiger partial charge in [0.1, 0.15) is 11.6 Å². The van der Waals surface area contributed by atoms with Crippen LogP contribution >= 0.6 is 0 Å². The third kappa shape index (κ3) is 12.2. The van der Waals surface area contributed by atoms with Crippen molar-refractivity contribution in [3.63, 3.8) is 0 Å². The number of ether oxygens (including phenoxy) is 2. The van der Waals surface area contributed by atoms with Crippen molar-refractivity contribution in [2.24, 2.45) is 29.4 Å².